The number of rotatable bonds is 5. The van der Waals surface area contributed by atoms with Crippen molar-refractivity contribution in [2.24, 2.45) is 0 Å². The number of nitrogens with zero attached hydrogens (tertiary/aromatic N) is 6. The van der Waals surface area contributed by atoms with E-state index < -0.39 is 0 Å². The predicted molar refractivity (Wildman–Crippen MR) is 119 cm³/mol. The van der Waals surface area contributed by atoms with E-state index in [1.165, 1.54) is 5.69 Å². The molecule has 5 heterocycles. The lowest BCUT2D eigenvalue weighted by Gasteiger charge is -2.35. The van der Waals surface area contributed by atoms with Gasteiger partial charge in [0.25, 0.3) is 0 Å². The van der Waals surface area contributed by atoms with Crippen molar-refractivity contribution < 1.29 is 14.2 Å². The van der Waals surface area contributed by atoms with Gasteiger partial charge in [0.1, 0.15) is 11.4 Å². The molecule has 6 rings (SSSR count). The Bertz CT molecular complexity index is 1340. The minimum absolute atomic E-state index is 0.121. The van der Waals surface area contributed by atoms with E-state index in [2.05, 4.69) is 25.2 Å². The number of aryl methyl sites for hydroxylation is 1. The van der Waals surface area contributed by atoms with Crippen LogP contribution < -0.4 is 10.1 Å². The molecule has 2 aliphatic heterocycles. The maximum atomic E-state index is 12.7. The number of methoxy groups -OCH3 is 1. The van der Waals surface area contributed by atoms with E-state index in [9.17, 15) is 4.79 Å². The highest BCUT2D eigenvalue weighted by Gasteiger charge is 2.42. The van der Waals surface area contributed by atoms with Crippen molar-refractivity contribution in [3.05, 3.63) is 53.5 Å². The molecule has 1 amide bonds. The van der Waals surface area contributed by atoms with Gasteiger partial charge in [-0.15, -0.1) is 0 Å². The molecular weight excluding hydrogens is 422 g/mol. The molecule has 1 saturated heterocycles. The van der Waals surface area contributed by atoms with E-state index in [1.54, 1.807) is 14.0 Å². The summed E-state index contributed by atoms with van der Waals surface area (Å²) in [6.45, 7) is 2.03. The largest absolute Gasteiger partial charge is 0.497 e. The molecule has 0 spiro atoms. The van der Waals surface area contributed by atoms with E-state index >= 15 is 0 Å². The number of aromatic nitrogens is 5. The fourth-order valence-electron chi connectivity index (χ4n) is 5.01. The molecular formula is C23H23N7O3. The molecule has 4 aromatic rings. The van der Waals surface area contributed by atoms with Gasteiger partial charge >= 0.3 is 0 Å². The Kier molecular flexibility index (Phi) is 4.61. The first kappa shape index (κ1) is 19.9. The maximum absolute atomic E-state index is 12.7. The number of amides is 1. The highest BCUT2D eigenvalue weighted by molar-refractivity contribution is 5.91. The van der Waals surface area contributed by atoms with E-state index in [1.807, 2.05) is 41.0 Å². The van der Waals surface area contributed by atoms with Crippen LogP contribution in [0.2, 0.25) is 0 Å². The number of carbonyl (C=O) groups excluding carboxylic acids is 1. The molecule has 1 fully saturated rings. The molecule has 0 radical (unpaired) electrons. The van der Waals surface area contributed by atoms with Crippen LogP contribution in [0.5, 0.6) is 5.75 Å². The maximum Gasteiger partial charge on any atom is 0.239 e. The minimum atomic E-state index is -0.121. The smallest absolute Gasteiger partial charge is 0.239 e. The van der Waals surface area contributed by atoms with Crippen LogP contribution in [0.1, 0.15) is 35.8 Å². The molecule has 168 valence electrons. The second-order valence-electron chi connectivity index (χ2n) is 8.56. The van der Waals surface area contributed by atoms with Gasteiger partial charge in [0.15, 0.2) is 11.5 Å². The fourth-order valence-corrected chi connectivity index (χ4v) is 5.01. The highest BCUT2D eigenvalue weighted by atomic mass is 16.6. The lowest BCUT2D eigenvalue weighted by Crippen LogP contribution is -2.43. The normalized spacial score (nSPS) is 19.6. The Labute approximate surface area is 189 Å². The first-order valence-corrected chi connectivity index (χ1v) is 11.0. The Morgan fingerprint density at radius 1 is 1.24 bits per heavy atom. The first-order valence-electron chi connectivity index (χ1n) is 11.0. The third-order valence-corrected chi connectivity index (χ3v) is 6.67. The molecule has 1 aromatic carbocycles. The number of fused-ring (bicyclic) bond motifs is 6. The summed E-state index contributed by atoms with van der Waals surface area (Å²) in [5, 5.41) is 15.1. The summed E-state index contributed by atoms with van der Waals surface area (Å²) in [4.78, 5) is 19.6. The number of ether oxygens (including phenoxy) is 1. The van der Waals surface area contributed by atoms with Gasteiger partial charge in [0.05, 0.1) is 25.0 Å². The van der Waals surface area contributed by atoms with Gasteiger partial charge in [0.2, 0.25) is 5.91 Å². The topological polar surface area (TPSA) is 111 Å². The Morgan fingerprint density at radius 3 is 2.85 bits per heavy atom. The molecule has 33 heavy (non-hydrogen) atoms. The number of anilines is 1. The second-order valence-corrected chi connectivity index (χ2v) is 8.56. The number of nitrogens with one attached hydrogen (secondary N) is 1. The number of benzene rings is 1. The summed E-state index contributed by atoms with van der Waals surface area (Å²) in [7, 11) is 1.66. The third kappa shape index (κ3) is 3.34. The molecule has 10 nitrogen and oxygen atoms in total. The Morgan fingerprint density at radius 2 is 2.09 bits per heavy atom. The highest BCUT2D eigenvalue weighted by Crippen LogP contribution is 2.43. The molecule has 0 saturated carbocycles. The fraction of sp³-hybridized carbons (Fsp3) is 0.348. The quantitative estimate of drug-likeness (QED) is 0.499. The van der Waals surface area contributed by atoms with Crippen molar-refractivity contribution in [3.63, 3.8) is 0 Å². The number of hydrogen-bond donors (Lipinski definition) is 1. The zero-order chi connectivity index (χ0) is 22.5. The molecule has 2 aliphatic rings. The van der Waals surface area contributed by atoms with Crippen molar-refractivity contribution in [3.8, 4) is 17.0 Å². The predicted octanol–water partition coefficient (Wildman–Crippen LogP) is 2.80. The van der Waals surface area contributed by atoms with E-state index in [0.717, 1.165) is 47.5 Å². The Hall–Kier alpha value is -3.79. The van der Waals surface area contributed by atoms with Gasteiger partial charge in [-0.05, 0) is 49.2 Å². The van der Waals surface area contributed by atoms with Gasteiger partial charge in [-0.25, -0.2) is 14.1 Å². The average molecular weight is 445 g/mol. The number of carbonyl (C=O) groups is 1. The van der Waals surface area contributed by atoms with Crippen molar-refractivity contribution in [2.45, 2.75) is 38.3 Å². The van der Waals surface area contributed by atoms with Crippen LogP contribution >= 0.6 is 0 Å². The van der Waals surface area contributed by atoms with Gasteiger partial charge < -0.3 is 10.1 Å². The van der Waals surface area contributed by atoms with Crippen LogP contribution in [-0.4, -0.2) is 55.4 Å². The Balaban J connectivity index is 1.28. The van der Waals surface area contributed by atoms with E-state index in [0.29, 0.717) is 11.5 Å². The molecule has 3 aromatic heterocycles. The second kappa shape index (κ2) is 7.66. The first-order chi connectivity index (χ1) is 16.1. The summed E-state index contributed by atoms with van der Waals surface area (Å²) in [6.07, 6.45) is 4.81. The number of hydrogen-bond acceptors (Lipinski definition) is 8. The summed E-state index contributed by atoms with van der Waals surface area (Å²) in [5.74, 6) is 1.06. The van der Waals surface area contributed by atoms with Gasteiger partial charge in [-0.2, -0.15) is 5.10 Å². The molecule has 2 atom stereocenters. The van der Waals surface area contributed by atoms with Crippen molar-refractivity contribution in [1.82, 2.24) is 29.8 Å². The SMILES string of the molecule is COc1ccc(-c2cc3ncc4c(n3n2)C[C@@H]2CC[C@H]4N2CC(=O)Nc2nonc2C)cc1. The zero-order valence-electron chi connectivity index (χ0n) is 18.4. The van der Waals surface area contributed by atoms with Crippen LogP contribution in [0, 0.1) is 6.92 Å². The monoisotopic (exact) mass is 445 g/mol. The van der Waals surface area contributed by atoms with Crippen LogP contribution in [-0.2, 0) is 11.2 Å². The minimum Gasteiger partial charge on any atom is -0.497 e. The van der Waals surface area contributed by atoms with E-state index in [4.69, 9.17) is 14.8 Å². The molecule has 1 N–H and O–H groups in total. The molecule has 0 aliphatic carbocycles. The van der Waals surface area contributed by atoms with Crippen molar-refractivity contribution in [2.75, 3.05) is 19.0 Å². The summed E-state index contributed by atoms with van der Waals surface area (Å²) >= 11 is 0. The third-order valence-electron chi connectivity index (χ3n) is 6.67. The van der Waals surface area contributed by atoms with Crippen molar-refractivity contribution >= 4 is 17.4 Å². The van der Waals surface area contributed by atoms with Gasteiger partial charge in [0, 0.05) is 41.9 Å². The van der Waals surface area contributed by atoms with Gasteiger partial charge in [-0.3, -0.25) is 9.69 Å². The molecule has 10 heteroatoms. The average Bonchev–Trinajstić information content (AvgIpc) is 3.51. The standard InChI is InChI=1S/C23H23N7O3/c1-13-23(28-33-27-13)25-22(31)12-29-15-5-8-19(29)17-11-24-21-10-18(26-30(21)20(17)9-15)14-3-6-16(32-2)7-4-14/h3-4,6-7,10-11,15,19H,5,8-9,12H2,1-2H3,(H,25,28,31)/t15-,19+/m0/s1. The van der Waals surface area contributed by atoms with Crippen LogP contribution in [0.15, 0.2) is 41.2 Å². The van der Waals surface area contributed by atoms with Crippen LogP contribution in [0.4, 0.5) is 5.82 Å². The summed E-state index contributed by atoms with van der Waals surface area (Å²) < 4.78 is 11.9. The summed E-state index contributed by atoms with van der Waals surface area (Å²) in [5.41, 5.74) is 5.62. The summed E-state index contributed by atoms with van der Waals surface area (Å²) in [6, 6.07) is 10.3. The van der Waals surface area contributed by atoms with Crippen molar-refractivity contribution in [1.29, 1.82) is 0 Å². The van der Waals surface area contributed by atoms with Crippen LogP contribution in [0.25, 0.3) is 16.9 Å². The lowest BCUT2D eigenvalue weighted by atomic mass is 9.99. The lowest BCUT2D eigenvalue weighted by molar-refractivity contribution is -0.118. The van der Waals surface area contributed by atoms with Crippen LogP contribution in [0.3, 0.4) is 0 Å². The molecule has 2 bridgehead atoms. The van der Waals surface area contributed by atoms with E-state index in [-0.39, 0.29) is 24.5 Å². The van der Waals surface area contributed by atoms with Gasteiger partial charge in [-0.1, -0.05) is 5.16 Å². The molecule has 0 unspecified atom stereocenters. The zero-order valence-corrected chi connectivity index (χ0v) is 18.4.